The minimum Gasteiger partial charge on any atom is -0.298 e. The van der Waals surface area contributed by atoms with Gasteiger partial charge < -0.3 is 0 Å². The lowest BCUT2D eigenvalue weighted by Crippen LogP contribution is -2.43. The molecule has 1 rings (SSSR count). The molecule has 0 aromatic carbocycles. The number of piperidine rings is 1. The topological polar surface area (TPSA) is 3.24 Å². The Labute approximate surface area is 70.8 Å². The predicted molar refractivity (Wildman–Crippen MR) is 49.5 cm³/mol. The molecule has 1 aliphatic rings. The first kappa shape index (κ1) is 9.05. The van der Waals surface area contributed by atoms with Crippen LogP contribution in [-0.4, -0.2) is 23.5 Å². The molecule has 1 fully saturated rings. The minimum atomic E-state index is 0.710. The quantitative estimate of drug-likeness (QED) is 0.590. The zero-order valence-corrected chi connectivity index (χ0v) is 7.84. The van der Waals surface area contributed by atoms with Crippen LogP contribution in [0.5, 0.6) is 0 Å². The van der Waals surface area contributed by atoms with Crippen molar-refractivity contribution in [2.45, 2.75) is 51.6 Å². The molecule has 0 amide bonds. The van der Waals surface area contributed by atoms with Gasteiger partial charge in [0.05, 0.1) is 0 Å². The van der Waals surface area contributed by atoms with Gasteiger partial charge in [0.1, 0.15) is 0 Å². The van der Waals surface area contributed by atoms with Gasteiger partial charge in [0, 0.05) is 12.1 Å². The van der Waals surface area contributed by atoms with Crippen LogP contribution in [0.3, 0.4) is 0 Å². The van der Waals surface area contributed by atoms with Gasteiger partial charge in [0.15, 0.2) is 0 Å². The summed E-state index contributed by atoms with van der Waals surface area (Å²) in [5.41, 5.74) is 0. The molecule has 11 heavy (non-hydrogen) atoms. The number of nitrogens with zero attached hydrogens (tertiary/aromatic N) is 1. The molecule has 1 heteroatoms. The summed E-state index contributed by atoms with van der Waals surface area (Å²) >= 11 is 0. The monoisotopic (exact) mass is 154 g/mol. The van der Waals surface area contributed by atoms with Crippen LogP contribution < -0.4 is 0 Å². The molecule has 1 aliphatic heterocycles. The van der Waals surface area contributed by atoms with Crippen molar-refractivity contribution in [3.05, 3.63) is 6.92 Å². The Bertz CT molecular complexity index is 109. The third-order valence-corrected chi connectivity index (χ3v) is 2.67. The summed E-state index contributed by atoms with van der Waals surface area (Å²) in [5, 5.41) is 0. The van der Waals surface area contributed by atoms with Crippen molar-refractivity contribution in [1.82, 2.24) is 4.90 Å². The van der Waals surface area contributed by atoms with E-state index in [1.807, 2.05) is 0 Å². The summed E-state index contributed by atoms with van der Waals surface area (Å²) in [6.45, 7) is 9.86. The van der Waals surface area contributed by atoms with Crippen LogP contribution in [0.1, 0.15) is 39.5 Å². The minimum absolute atomic E-state index is 0.710. The molecule has 1 nitrogen and oxygen atoms in total. The summed E-state index contributed by atoms with van der Waals surface area (Å²) in [6.07, 6.45) is 5.23. The van der Waals surface area contributed by atoms with Gasteiger partial charge in [0.25, 0.3) is 0 Å². The van der Waals surface area contributed by atoms with Crippen molar-refractivity contribution in [1.29, 1.82) is 0 Å². The number of likely N-dealkylation sites (tertiary alicyclic amines) is 1. The molecular weight excluding hydrogens is 134 g/mol. The SMILES string of the molecule is [CH2]CC1CCCCN1C(C)C. The molecular formula is C10H20N. The molecule has 0 aromatic rings. The lowest BCUT2D eigenvalue weighted by molar-refractivity contribution is 0.113. The highest BCUT2D eigenvalue weighted by Gasteiger charge is 2.22. The maximum atomic E-state index is 4.00. The van der Waals surface area contributed by atoms with Crippen molar-refractivity contribution >= 4 is 0 Å². The largest absolute Gasteiger partial charge is 0.298 e. The normalized spacial score (nSPS) is 27.8. The number of hydrogen-bond donors (Lipinski definition) is 0. The second-order valence-corrected chi connectivity index (χ2v) is 3.77. The average molecular weight is 154 g/mol. The van der Waals surface area contributed by atoms with Crippen LogP contribution in [0.25, 0.3) is 0 Å². The molecule has 0 N–H and O–H groups in total. The van der Waals surface area contributed by atoms with Gasteiger partial charge in [-0.3, -0.25) is 4.90 Å². The van der Waals surface area contributed by atoms with Crippen molar-refractivity contribution in [2.24, 2.45) is 0 Å². The van der Waals surface area contributed by atoms with Gasteiger partial charge in [-0.25, -0.2) is 0 Å². The predicted octanol–water partition coefficient (Wildman–Crippen LogP) is 2.47. The van der Waals surface area contributed by atoms with E-state index in [0.29, 0.717) is 6.04 Å². The first-order chi connectivity index (χ1) is 5.25. The Hall–Kier alpha value is -0.0400. The molecule has 1 unspecified atom stereocenters. The fourth-order valence-electron chi connectivity index (χ4n) is 2.01. The summed E-state index contributed by atoms with van der Waals surface area (Å²) in [7, 11) is 0. The van der Waals surface area contributed by atoms with Crippen molar-refractivity contribution in [3.63, 3.8) is 0 Å². The van der Waals surface area contributed by atoms with E-state index in [4.69, 9.17) is 0 Å². The zero-order chi connectivity index (χ0) is 8.27. The van der Waals surface area contributed by atoms with Gasteiger partial charge in [-0.1, -0.05) is 13.3 Å². The van der Waals surface area contributed by atoms with Gasteiger partial charge in [-0.2, -0.15) is 0 Å². The van der Waals surface area contributed by atoms with Crippen molar-refractivity contribution in [3.8, 4) is 0 Å². The number of rotatable bonds is 2. The smallest absolute Gasteiger partial charge is 0.00979 e. The maximum absolute atomic E-state index is 4.00. The Morgan fingerprint density at radius 1 is 1.45 bits per heavy atom. The fraction of sp³-hybridized carbons (Fsp3) is 0.900. The molecule has 1 atom stereocenters. The highest BCUT2D eigenvalue weighted by Crippen LogP contribution is 2.21. The average Bonchev–Trinajstić information content (AvgIpc) is 2.04. The Morgan fingerprint density at radius 3 is 2.64 bits per heavy atom. The van der Waals surface area contributed by atoms with Crippen LogP contribution in [0.15, 0.2) is 0 Å². The zero-order valence-electron chi connectivity index (χ0n) is 7.84. The lowest BCUT2D eigenvalue weighted by Gasteiger charge is -2.38. The molecule has 1 saturated heterocycles. The van der Waals surface area contributed by atoms with Crippen LogP contribution in [-0.2, 0) is 0 Å². The Morgan fingerprint density at radius 2 is 2.18 bits per heavy atom. The van der Waals surface area contributed by atoms with E-state index in [-0.39, 0.29) is 0 Å². The van der Waals surface area contributed by atoms with Crippen molar-refractivity contribution < 1.29 is 0 Å². The summed E-state index contributed by atoms with van der Waals surface area (Å²) in [5.74, 6) is 0. The fourth-order valence-corrected chi connectivity index (χ4v) is 2.01. The first-order valence-corrected chi connectivity index (χ1v) is 4.80. The Kier molecular flexibility index (Phi) is 3.38. The summed E-state index contributed by atoms with van der Waals surface area (Å²) < 4.78 is 0. The molecule has 1 heterocycles. The van der Waals surface area contributed by atoms with Crippen molar-refractivity contribution in [2.75, 3.05) is 6.54 Å². The van der Waals surface area contributed by atoms with E-state index in [9.17, 15) is 0 Å². The molecule has 0 aliphatic carbocycles. The third kappa shape index (κ3) is 2.19. The van der Waals surface area contributed by atoms with Gasteiger partial charge in [-0.05, 0) is 39.7 Å². The van der Waals surface area contributed by atoms with E-state index in [0.717, 1.165) is 12.5 Å². The van der Waals surface area contributed by atoms with E-state index < -0.39 is 0 Å². The Balaban J connectivity index is 2.44. The molecule has 0 spiro atoms. The lowest BCUT2D eigenvalue weighted by atomic mass is 9.98. The number of hydrogen-bond acceptors (Lipinski definition) is 1. The van der Waals surface area contributed by atoms with Gasteiger partial charge in [0.2, 0.25) is 0 Å². The molecule has 0 aromatic heterocycles. The van der Waals surface area contributed by atoms with Crippen LogP contribution in [0, 0.1) is 6.92 Å². The first-order valence-electron chi connectivity index (χ1n) is 4.80. The third-order valence-electron chi connectivity index (χ3n) is 2.67. The molecule has 0 bridgehead atoms. The maximum Gasteiger partial charge on any atom is 0.00979 e. The van der Waals surface area contributed by atoms with Gasteiger partial charge >= 0.3 is 0 Å². The van der Waals surface area contributed by atoms with E-state index in [1.165, 1.54) is 25.8 Å². The second kappa shape index (κ2) is 4.10. The van der Waals surface area contributed by atoms with E-state index >= 15 is 0 Å². The van der Waals surface area contributed by atoms with Gasteiger partial charge in [-0.15, -0.1) is 0 Å². The van der Waals surface area contributed by atoms with Crippen LogP contribution in [0.4, 0.5) is 0 Å². The molecule has 65 valence electrons. The van der Waals surface area contributed by atoms with Crippen LogP contribution >= 0.6 is 0 Å². The summed E-state index contributed by atoms with van der Waals surface area (Å²) in [6, 6.07) is 1.48. The summed E-state index contributed by atoms with van der Waals surface area (Å²) in [4.78, 5) is 2.59. The highest BCUT2D eigenvalue weighted by atomic mass is 15.2. The highest BCUT2D eigenvalue weighted by molar-refractivity contribution is 4.79. The second-order valence-electron chi connectivity index (χ2n) is 3.77. The molecule has 0 saturated carbocycles. The van der Waals surface area contributed by atoms with Crippen LogP contribution in [0.2, 0.25) is 0 Å². The van der Waals surface area contributed by atoms with E-state index in [2.05, 4.69) is 25.7 Å². The van der Waals surface area contributed by atoms with E-state index in [1.54, 1.807) is 0 Å². The standard InChI is InChI=1S/C10H20N/c1-4-10-7-5-6-8-11(10)9(2)3/h9-10H,1,4-8H2,2-3H3. The molecule has 1 radical (unpaired) electrons.